The van der Waals surface area contributed by atoms with Gasteiger partial charge in [0.05, 0.1) is 17.8 Å². The second-order valence-corrected chi connectivity index (χ2v) is 10.8. The summed E-state index contributed by atoms with van der Waals surface area (Å²) >= 11 is 0. The fourth-order valence-electron chi connectivity index (χ4n) is 4.43. The molecule has 47 heavy (non-hydrogen) atoms. The molecular formula is C34H37F3N8O2. The summed E-state index contributed by atoms with van der Waals surface area (Å²) in [5.41, 5.74) is 2.81. The zero-order chi connectivity index (χ0) is 34.0. The molecule has 1 aromatic heterocycles. The van der Waals surface area contributed by atoms with E-state index in [1.54, 1.807) is 30.5 Å². The number of halogens is 3. The van der Waals surface area contributed by atoms with Crippen LogP contribution < -0.4 is 20.7 Å². The number of nitrogens with zero attached hydrogens (tertiary/aromatic N) is 5. The Morgan fingerprint density at radius 2 is 2.00 bits per heavy atom. The van der Waals surface area contributed by atoms with Crippen molar-refractivity contribution in [3.8, 4) is 5.75 Å². The van der Waals surface area contributed by atoms with Gasteiger partial charge < -0.3 is 25.6 Å². The van der Waals surface area contributed by atoms with Gasteiger partial charge in [-0.05, 0) is 63.3 Å². The average molecular weight is 647 g/mol. The molecule has 0 spiro atoms. The Morgan fingerprint density at radius 3 is 2.72 bits per heavy atom. The molecule has 0 atom stereocenters. The number of hydrogen-bond donors (Lipinski definition) is 3. The zero-order valence-corrected chi connectivity index (χ0v) is 26.7. The van der Waals surface area contributed by atoms with Crippen molar-refractivity contribution >= 4 is 41.0 Å². The summed E-state index contributed by atoms with van der Waals surface area (Å²) in [5.74, 6) is 0.207. The van der Waals surface area contributed by atoms with Crippen molar-refractivity contribution in [2.24, 2.45) is 9.98 Å². The standard InChI is InChI=1S/C34H37F3N8O2/c1-6-8-23(9-7-2)20-39-33-38-13-12-28-30(44-33)31(41-21-40-28)43-29-16-24(11-10-22(29)3)32(46)42-26-17-25(34(35,36)37)18-27(19-26)47-15-14-45(4)5/h6-11,13,16-19,21H,1,12,14-15,20H2,2-5H3,(H,39,44)(H,42,46)(H,40,41,43)/b9-7-,23-8+. The first kappa shape index (κ1) is 34.6. The van der Waals surface area contributed by atoms with Crippen LogP contribution in [0.2, 0.25) is 0 Å². The van der Waals surface area contributed by atoms with E-state index in [0.29, 0.717) is 48.4 Å². The van der Waals surface area contributed by atoms with Crippen molar-refractivity contribution in [2.75, 3.05) is 49.7 Å². The van der Waals surface area contributed by atoms with Crippen LogP contribution in [0.15, 0.2) is 89.2 Å². The monoisotopic (exact) mass is 646 g/mol. The molecule has 1 aliphatic rings. The molecule has 3 aromatic rings. The number of alkyl halides is 3. The highest BCUT2D eigenvalue weighted by Crippen LogP contribution is 2.35. The van der Waals surface area contributed by atoms with Crippen LogP contribution in [0.3, 0.4) is 0 Å². The zero-order valence-electron chi connectivity index (χ0n) is 26.7. The first-order valence-electron chi connectivity index (χ1n) is 14.8. The number of allylic oxidation sites excluding steroid dienone is 3. The molecule has 0 radical (unpaired) electrons. The maximum Gasteiger partial charge on any atom is 0.416 e. The summed E-state index contributed by atoms with van der Waals surface area (Å²) in [6.45, 7) is 8.58. The summed E-state index contributed by atoms with van der Waals surface area (Å²) in [7, 11) is 3.66. The Hall–Kier alpha value is -5.30. The van der Waals surface area contributed by atoms with E-state index in [-0.39, 0.29) is 23.6 Å². The second kappa shape index (κ2) is 15.8. The predicted octanol–water partition coefficient (Wildman–Crippen LogP) is 6.82. The minimum absolute atomic E-state index is 0.00172. The third-order valence-corrected chi connectivity index (χ3v) is 6.84. The highest BCUT2D eigenvalue weighted by molar-refractivity contribution is 6.06. The van der Waals surface area contributed by atoms with Gasteiger partial charge in [0.15, 0.2) is 5.82 Å². The maximum atomic E-state index is 13.6. The Labute approximate surface area is 271 Å². The molecule has 0 saturated heterocycles. The molecule has 1 amide bonds. The first-order chi connectivity index (χ1) is 22.5. The van der Waals surface area contributed by atoms with Gasteiger partial charge in [-0.2, -0.15) is 13.2 Å². The molecule has 3 N–H and O–H groups in total. The summed E-state index contributed by atoms with van der Waals surface area (Å²) in [5, 5.41) is 9.08. The molecule has 4 rings (SSSR count). The number of hydrogen-bond acceptors (Lipinski definition) is 7. The molecule has 13 heteroatoms. The minimum atomic E-state index is -4.63. The number of likely N-dealkylation sites (N-methyl/N-ethyl adjacent to an activating group) is 1. The summed E-state index contributed by atoms with van der Waals surface area (Å²) in [6, 6.07) is 8.09. The summed E-state index contributed by atoms with van der Waals surface area (Å²) in [4.78, 5) is 33.0. The van der Waals surface area contributed by atoms with Crippen LogP contribution in [0.4, 0.5) is 36.1 Å². The number of ether oxygens (including phenoxy) is 1. The number of rotatable bonds is 12. The fourth-order valence-corrected chi connectivity index (χ4v) is 4.43. The van der Waals surface area contributed by atoms with E-state index >= 15 is 0 Å². The third kappa shape index (κ3) is 9.84. The molecule has 246 valence electrons. The normalized spacial score (nSPS) is 14.1. The molecular weight excluding hydrogens is 609 g/mol. The van der Waals surface area contributed by atoms with Crippen LogP contribution in [-0.2, 0) is 12.6 Å². The highest BCUT2D eigenvalue weighted by atomic mass is 19.4. The topological polar surface area (TPSA) is 116 Å². The third-order valence-electron chi connectivity index (χ3n) is 6.84. The van der Waals surface area contributed by atoms with Gasteiger partial charge >= 0.3 is 6.18 Å². The van der Waals surface area contributed by atoms with E-state index in [2.05, 4.69) is 42.5 Å². The number of aliphatic imine (C=N–C) groups is 2. The molecule has 0 fully saturated rings. The van der Waals surface area contributed by atoms with E-state index in [9.17, 15) is 18.0 Å². The molecule has 0 saturated carbocycles. The Morgan fingerprint density at radius 1 is 1.19 bits per heavy atom. The number of amides is 1. The van der Waals surface area contributed by atoms with Gasteiger partial charge in [0.1, 0.15) is 24.4 Å². The smallest absolute Gasteiger partial charge is 0.416 e. The van der Waals surface area contributed by atoms with Gasteiger partial charge in [-0.15, -0.1) is 0 Å². The average Bonchev–Trinajstić information content (AvgIpc) is 3.23. The van der Waals surface area contributed by atoms with E-state index in [1.807, 2.05) is 51.1 Å². The number of carbonyl (C=O) groups excluding carboxylic acids is 1. The van der Waals surface area contributed by atoms with Gasteiger partial charge in [0.2, 0.25) is 5.96 Å². The van der Waals surface area contributed by atoms with Gasteiger partial charge in [-0.1, -0.05) is 36.9 Å². The number of aryl methyl sites for hydroxylation is 1. The molecule has 0 unspecified atom stereocenters. The lowest BCUT2D eigenvalue weighted by molar-refractivity contribution is -0.137. The van der Waals surface area contributed by atoms with Gasteiger partial charge in [0, 0.05) is 42.2 Å². The van der Waals surface area contributed by atoms with Crippen molar-refractivity contribution in [1.82, 2.24) is 14.9 Å². The lowest BCUT2D eigenvalue weighted by atomic mass is 10.1. The van der Waals surface area contributed by atoms with E-state index < -0.39 is 17.6 Å². The van der Waals surface area contributed by atoms with Gasteiger partial charge in [0.25, 0.3) is 5.91 Å². The lowest BCUT2D eigenvalue weighted by Crippen LogP contribution is -2.20. The molecule has 0 bridgehead atoms. The number of fused-ring (bicyclic) bond motifs is 1. The second-order valence-electron chi connectivity index (χ2n) is 10.8. The minimum Gasteiger partial charge on any atom is -0.492 e. The van der Waals surface area contributed by atoms with Crippen molar-refractivity contribution in [3.05, 3.63) is 102 Å². The Kier molecular flexibility index (Phi) is 11.6. The van der Waals surface area contributed by atoms with Crippen LogP contribution in [0.5, 0.6) is 5.75 Å². The summed E-state index contributed by atoms with van der Waals surface area (Å²) in [6.07, 6.45) is 6.36. The Balaban J connectivity index is 1.57. The number of guanidine groups is 1. The van der Waals surface area contributed by atoms with Crippen LogP contribution in [0.25, 0.3) is 0 Å². The molecule has 2 heterocycles. The van der Waals surface area contributed by atoms with E-state index in [1.165, 1.54) is 12.4 Å². The number of nitrogens with one attached hydrogen (secondary N) is 3. The highest BCUT2D eigenvalue weighted by Gasteiger charge is 2.32. The first-order valence-corrected chi connectivity index (χ1v) is 14.8. The lowest BCUT2D eigenvalue weighted by Gasteiger charge is -2.17. The van der Waals surface area contributed by atoms with Crippen molar-refractivity contribution < 1.29 is 22.7 Å². The Bertz CT molecular complexity index is 1730. The maximum absolute atomic E-state index is 13.6. The quantitative estimate of drug-likeness (QED) is 0.185. The van der Waals surface area contributed by atoms with E-state index in [4.69, 9.17) is 4.74 Å². The number of benzene rings is 2. The molecule has 0 aliphatic carbocycles. The number of aromatic nitrogens is 2. The number of carbonyl (C=O) groups is 1. The largest absolute Gasteiger partial charge is 0.492 e. The number of anilines is 4. The van der Waals surface area contributed by atoms with E-state index in [0.717, 1.165) is 23.3 Å². The van der Waals surface area contributed by atoms with Gasteiger partial charge in [-0.3, -0.25) is 4.79 Å². The predicted molar refractivity (Wildman–Crippen MR) is 181 cm³/mol. The van der Waals surface area contributed by atoms with Crippen molar-refractivity contribution in [2.45, 2.75) is 26.4 Å². The van der Waals surface area contributed by atoms with Crippen LogP contribution in [-0.4, -0.2) is 66.7 Å². The van der Waals surface area contributed by atoms with Crippen molar-refractivity contribution in [1.29, 1.82) is 0 Å². The van der Waals surface area contributed by atoms with Crippen molar-refractivity contribution in [3.63, 3.8) is 0 Å². The molecule has 2 aromatic carbocycles. The molecule has 1 aliphatic heterocycles. The molecule has 10 nitrogen and oxygen atoms in total. The van der Waals surface area contributed by atoms with Crippen LogP contribution >= 0.6 is 0 Å². The SMILES string of the molecule is C=C/C=C(\C=C/C)CN=C1N=CCc2ncnc(Nc3cc(C(=O)Nc4cc(OCCN(C)C)cc(C(F)(F)F)c4)ccc3C)c2N1. The van der Waals surface area contributed by atoms with Crippen LogP contribution in [0.1, 0.15) is 34.1 Å². The van der Waals surface area contributed by atoms with Crippen LogP contribution in [0, 0.1) is 6.92 Å². The fraction of sp³-hybridized carbons (Fsp3) is 0.265. The summed E-state index contributed by atoms with van der Waals surface area (Å²) < 4.78 is 46.5. The van der Waals surface area contributed by atoms with Gasteiger partial charge in [-0.25, -0.2) is 20.0 Å².